The van der Waals surface area contributed by atoms with Gasteiger partial charge in [-0.25, -0.2) is 4.79 Å². The number of carbonyl (C=O) groups excluding carboxylic acids is 2. The van der Waals surface area contributed by atoms with Crippen molar-refractivity contribution in [3.63, 3.8) is 0 Å². The Bertz CT molecular complexity index is 879. The SMILES string of the molecule is COC(=O)C1Cc2ccccc2CN1C(=O)CNC(c1ccc(OC)cc1)C(C)C. The minimum atomic E-state index is -0.599. The van der Waals surface area contributed by atoms with Crippen molar-refractivity contribution in [1.29, 1.82) is 0 Å². The number of benzene rings is 2. The van der Waals surface area contributed by atoms with Crippen LogP contribution in [0, 0.1) is 5.92 Å². The molecule has 1 N–H and O–H groups in total. The smallest absolute Gasteiger partial charge is 0.328 e. The van der Waals surface area contributed by atoms with E-state index in [4.69, 9.17) is 9.47 Å². The van der Waals surface area contributed by atoms with Gasteiger partial charge < -0.3 is 19.7 Å². The molecule has 1 aliphatic rings. The number of methoxy groups -OCH3 is 2. The summed E-state index contributed by atoms with van der Waals surface area (Å²) in [7, 11) is 3.00. The first-order valence-corrected chi connectivity index (χ1v) is 10.3. The lowest BCUT2D eigenvalue weighted by Gasteiger charge is -2.36. The Hall–Kier alpha value is -2.86. The third-order valence-corrected chi connectivity index (χ3v) is 5.66. The van der Waals surface area contributed by atoms with E-state index in [1.807, 2.05) is 48.5 Å². The molecule has 0 saturated heterocycles. The third kappa shape index (κ3) is 4.82. The summed E-state index contributed by atoms with van der Waals surface area (Å²) < 4.78 is 10.2. The zero-order valence-electron chi connectivity index (χ0n) is 18.1. The highest BCUT2D eigenvalue weighted by atomic mass is 16.5. The van der Waals surface area contributed by atoms with Gasteiger partial charge in [0.05, 0.1) is 20.8 Å². The fraction of sp³-hybridized carbons (Fsp3) is 0.417. The van der Waals surface area contributed by atoms with Gasteiger partial charge in [0.1, 0.15) is 11.8 Å². The Morgan fingerprint density at radius 1 is 1.07 bits per heavy atom. The molecule has 160 valence electrons. The second-order valence-electron chi connectivity index (χ2n) is 7.91. The first-order valence-electron chi connectivity index (χ1n) is 10.3. The highest BCUT2D eigenvalue weighted by molar-refractivity contribution is 5.86. The molecule has 2 aromatic rings. The van der Waals surface area contributed by atoms with Crippen molar-refractivity contribution in [2.24, 2.45) is 5.92 Å². The molecular formula is C24H30N2O4. The Kier molecular flexibility index (Phi) is 7.11. The van der Waals surface area contributed by atoms with E-state index in [-0.39, 0.29) is 30.4 Å². The standard InChI is InChI=1S/C24H30N2O4/c1-16(2)23(17-9-11-20(29-3)12-10-17)25-14-22(27)26-15-19-8-6-5-7-18(19)13-21(26)24(28)30-4/h5-12,16,21,23,25H,13-15H2,1-4H3. The Morgan fingerprint density at radius 2 is 1.73 bits per heavy atom. The summed E-state index contributed by atoms with van der Waals surface area (Å²) in [5, 5.41) is 3.39. The average Bonchev–Trinajstić information content (AvgIpc) is 2.77. The monoisotopic (exact) mass is 410 g/mol. The zero-order valence-corrected chi connectivity index (χ0v) is 18.1. The second-order valence-corrected chi connectivity index (χ2v) is 7.91. The van der Waals surface area contributed by atoms with Crippen LogP contribution in [-0.2, 0) is 27.3 Å². The van der Waals surface area contributed by atoms with Gasteiger partial charge in [0.15, 0.2) is 0 Å². The summed E-state index contributed by atoms with van der Waals surface area (Å²) in [4.78, 5) is 27.1. The van der Waals surface area contributed by atoms with E-state index >= 15 is 0 Å². The van der Waals surface area contributed by atoms with Crippen LogP contribution in [0.15, 0.2) is 48.5 Å². The highest BCUT2D eigenvalue weighted by Gasteiger charge is 2.35. The second kappa shape index (κ2) is 9.76. The van der Waals surface area contributed by atoms with Crippen molar-refractivity contribution in [2.75, 3.05) is 20.8 Å². The molecular weight excluding hydrogens is 380 g/mol. The van der Waals surface area contributed by atoms with Crippen molar-refractivity contribution in [2.45, 2.75) is 38.9 Å². The van der Waals surface area contributed by atoms with Gasteiger partial charge in [0.2, 0.25) is 5.91 Å². The number of nitrogens with zero attached hydrogens (tertiary/aromatic N) is 1. The van der Waals surface area contributed by atoms with Crippen molar-refractivity contribution in [3.8, 4) is 5.75 Å². The van der Waals surface area contributed by atoms with E-state index in [0.29, 0.717) is 13.0 Å². The van der Waals surface area contributed by atoms with E-state index in [9.17, 15) is 9.59 Å². The Labute approximate surface area is 178 Å². The number of esters is 1. The summed E-state index contributed by atoms with van der Waals surface area (Å²) in [6.45, 7) is 4.78. The highest BCUT2D eigenvalue weighted by Crippen LogP contribution is 2.26. The van der Waals surface area contributed by atoms with Crippen molar-refractivity contribution in [3.05, 3.63) is 65.2 Å². The number of carbonyl (C=O) groups is 2. The molecule has 6 nitrogen and oxygen atoms in total. The molecule has 0 radical (unpaired) electrons. The van der Waals surface area contributed by atoms with Crippen LogP contribution in [0.25, 0.3) is 0 Å². The predicted molar refractivity (Wildman–Crippen MR) is 115 cm³/mol. The van der Waals surface area contributed by atoms with Crippen LogP contribution in [0.3, 0.4) is 0 Å². The molecule has 0 bridgehead atoms. The molecule has 1 amide bonds. The zero-order chi connectivity index (χ0) is 21.7. The molecule has 3 rings (SSSR count). The summed E-state index contributed by atoms with van der Waals surface area (Å²) in [6, 6.07) is 15.2. The van der Waals surface area contributed by atoms with E-state index in [2.05, 4.69) is 19.2 Å². The lowest BCUT2D eigenvalue weighted by Crippen LogP contribution is -2.51. The maximum atomic E-state index is 13.1. The number of hydrogen-bond acceptors (Lipinski definition) is 5. The van der Waals surface area contributed by atoms with Crippen LogP contribution in [0.4, 0.5) is 0 Å². The van der Waals surface area contributed by atoms with Gasteiger partial charge in [-0.3, -0.25) is 4.79 Å². The lowest BCUT2D eigenvalue weighted by molar-refractivity contribution is -0.153. The maximum Gasteiger partial charge on any atom is 0.328 e. The van der Waals surface area contributed by atoms with Gasteiger partial charge in [-0.05, 0) is 34.7 Å². The van der Waals surface area contributed by atoms with Gasteiger partial charge >= 0.3 is 5.97 Å². The maximum absolute atomic E-state index is 13.1. The van der Waals surface area contributed by atoms with E-state index in [1.54, 1.807) is 12.0 Å². The molecule has 2 atom stereocenters. The molecule has 0 saturated carbocycles. The summed E-state index contributed by atoms with van der Waals surface area (Å²) in [6.07, 6.45) is 0.473. The quantitative estimate of drug-likeness (QED) is 0.711. The summed E-state index contributed by atoms with van der Waals surface area (Å²) in [5.41, 5.74) is 3.25. The van der Waals surface area contributed by atoms with Crippen LogP contribution < -0.4 is 10.1 Å². The van der Waals surface area contributed by atoms with E-state index < -0.39 is 6.04 Å². The minimum absolute atomic E-state index is 0.00788. The van der Waals surface area contributed by atoms with Gasteiger partial charge in [-0.1, -0.05) is 50.2 Å². The van der Waals surface area contributed by atoms with Gasteiger partial charge in [0.25, 0.3) is 0 Å². The van der Waals surface area contributed by atoms with Crippen molar-refractivity contribution in [1.82, 2.24) is 10.2 Å². The van der Waals surface area contributed by atoms with Crippen molar-refractivity contribution < 1.29 is 19.1 Å². The van der Waals surface area contributed by atoms with Gasteiger partial charge in [-0.15, -0.1) is 0 Å². The molecule has 2 unspecified atom stereocenters. The topological polar surface area (TPSA) is 67.9 Å². The lowest BCUT2D eigenvalue weighted by atomic mass is 9.93. The average molecular weight is 411 g/mol. The molecule has 0 spiro atoms. The first-order chi connectivity index (χ1) is 14.4. The largest absolute Gasteiger partial charge is 0.497 e. The van der Waals surface area contributed by atoms with Crippen LogP contribution in [0.1, 0.15) is 36.6 Å². The number of amides is 1. The summed E-state index contributed by atoms with van der Waals surface area (Å²) in [5.74, 6) is 0.586. The minimum Gasteiger partial charge on any atom is -0.497 e. The van der Waals surface area contributed by atoms with E-state index in [0.717, 1.165) is 22.4 Å². The normalized spacial score (nSPS) is 16.7. The number of ether oxygens (including phenoxy) is 2. The molecule has 2 aromatic carbocycles. The Morgan fingerprint density at radius 3 is 2.33 bits per heavy atom. The molecule has 0 fully saturated rings. The molecule has 30 heavy (non-hydrogen) atoms. The number of hydrogen-bond donors (Lipinski definition) is 1. The molecule has 1 aliphatic heterocycles. The number of rotatable bonds is 7. The third-order valence-electron chi connectivity index (χ3n) is 5.66. The molecule has 0 aromatic heterocycles. The Balaban J connectivity index is 1.74. The number of nitrogens with one attached hydrogen (secondary N) is 1. The fourth-order valence-corrected chi connectivity index (χ4v) is 3.98. The molecule has 6 heteroatoms. The fourth-order valence-electron chi connectivity index (χ4n) is 3.98. The van der Waals surface area contributed by atoms with Crippen LogP contribution in [0.2, 0.25) is 0 Å². The number of fused-ring (bicyclic) bond motifs is 1. The van der Waals surface area contributed by atoms with E-state index in [1.165, 1.54) is 7.11 Å². The molecule has 1 heterocycles. The van der Waals surface area contributed by atoms with Crippen molar-refractivity contribution >= 4 is 11.9 Å². The molecule has 0 aliphatic carbocycles. The predicted octanol–water partition coefficient (Wildman–Crippen LogP) is 3.11. The van der Waals surface area contributed by atoms with Gasteiger partial charge in [0, 0.05) is 19.0 Å². The first kappa shape index (κ1) is 21.8. The van der Waals surface area contributed by atoms with Gasteiger partial charge in [-0.2, -0.15) is 0 Å². The summed E-state index contributed by atoms with van der Waals surface area (Å²) >= 11 is 0. The van der Waals surface area contributed by atoms with Crippen LogP contribution in [0.5, 0.6) is 5.75 Å². The van der Waals surface area contributed by atoms with Crippen LogP contribution in [-0.4, -0.2) is 43.6 Å². The van der Waals surface area contributed by atoms with Crippen LogP contribution >= 0.6 is 0 Å².